The number of hydrogen-bond donors (Lipinski definition) is 1. The Morgan fingerprint density at radius 3 is 2.20 bits per heavy atom. The molecule has 0 saturated carbocycles. The maximum absolute atomic E-state index is 9.12. The van der Waals surface area contributed by atoms with Gasteiger partial charge in [0, 0.05) is 0 Å². The van der Waals surface area contributed by atoms with Gasteiger partial charge < -0.3 is 0 Å². The molecule has 2 nitrogen and oxygen atoms in total. The summed E-state index contributed by atoms with van der Waals surface area (Å²) in [6.07, 6.45) is 0. The van der Waals surface area contributed by atoms with Crippen LogP contribution in [0.3, 0.4) is 0 Å². The van der Waals surface area contributed by atoms with Gasteiger partial charge in [-0.2, -0.15) is 5.26 Å². The van der Waals surface area contributed by atoms with E-state index in [1.54, 1.807) is 0 Å². The number of nitrogens with zero attached hydrogens (tertiary/aromatic N) is 1. The Bertz CT molecular complexity index is 365. The molecule has 1 aromatic carbocycles. The van der Waals surface area contributed by atoms with E-state index in [0.29, 0.717) is 0 Å². The number of hydrogen-bond acceptors (Lipinski definition) is 2. The first-order valence-electron chi connectivity index (χ1n) is 5.30. The third kappa shape index (κ3) is 2.57. The van der Waals surface area contributed by atoms with Gasteiger partial charge in [0.05, 0.1) is 6.07 Å². The average Bonchev–Trinajstić information content (AvgIpc) is 2.14. The summed E-state index contributed by atoms with van der Waals surface area (Å²) in [6.45, 7) is 9.04. The molecular formula is C13H18N2. The molecule has 0 aliphatic heterocycles. The SMILES string of the molecule is CCNC(C#N)c1c(C)cc(C)cc1C. The fourth-order valence-corrected chi connectivity index (χ4v) is 2.06. The zero-order valence-electron chi connectivity index (χ0n) is 9.89. The Kier molecular flexibility index (Phi) is 3.88. The first-order valence-corrected chi connectivity index (χ1v) is 5.30. The van der Waals surface area contributed by atoms with Gasteiger partial charge in [-0.1, -0.05) is 24.6 Å². The Hall–Kier alpha value is -1.33. The molecule has 0 spiro atoms. The van der Waals surface area contributed by atoms with E-state index < -0.39 is 0 Å². The van der Waals surface area contributed by atoms with Gasteiger partial charge in [-0.15, -0.1) is 0 Å². The maximum Gasteiger partial charge on any atom is 0.121 e. The molecule has 2 heteroatoms. The van der Waals surface area contributed by atoms with Crippen LogP contribution in [0, 0.1) is 32.1 Å². The lowest BCUT2D eigenvalue weighted by Crippen LogP contribution is -2.21. The van der Waals surface area contributed by atoms with Crippen LogP contribution in [0.15, 0.2) is 12.1 Å². The monoisotopic (exact) mass is 202 g/mol. The highest BCUT2D eigenvalue weighted by atomic mass is 14.9. The van der Waals surface area contributed by atoms with Crippen molar-refractivity contribution in [3.63, 3.8) is 0 Å². The zero-order chi connectivity index (χ0) is 11.4. The van der Waals surface area contributed by atoms with E-state index in [1.807, 2.05) is 6.92 Å². The van der Waals surface area contributed by atoms with Crippen molar-refractivity contribution in [2.24, 2.45) is 0 Å². The molecule has 0 aliphatic carbocycles. The van der Waals surface area contributed by atoms with Gasteiger partial charge in [0.15, 0.2) is 0 Å². The summed E-state index contributed by atoms with van der Waals surface area (Å²) in [4.78, 5) is 0. The third-order valence-electron chi connectivity index (χ3n) is 2.56. The number of nitriles is 1. The van der Waals surface area contributed by atoms with Crippen molar-refractivity contribution in [2.45, 2.75) is 33.7 Å². The first kappa shape index (κ1) is 11.7. The van der Waals surface area contributed by atoms with Gasteiger partial charge in [0.2, 0.25) is 0 Å². The van der Waals surface area contributed by atoms with Gasteiger partial charge in [0.25, 0.3) is 0 Å². The van der Waals surface area contributed by atoms with Crippen LogP contribution in [0.1, 0.15) is 35.2 Å². The van der Waals surface area contributed by atoms with Crippen molar-refractivity contribution in [1.29, 1.82) is 5.26 Å². The minimum absolute atomic E-state index is 0.185. The fourth-order valence-electron chi connectivity index (χ4n) is 2.06. The average molecular weight is 202 g/mol. The molecule has 1 unspecified atom stereocenters. The molecule has 0 saturated heterocycles. The first-order chi connectivity index (χ1) is 7.10. The van der Waals surface area contributed by atoms with Crippen LogP contribution >= 0.6 is 0 Å². The molecule has 0 amide bonds. The second-order valence-corrected chi connectivity index (χ2v) is 3.93. The van der Waals surface area contributed by atoms with Crippen LogP contribution < -0.4 is 5.32 Å². The largest absolute Gasteiger partial charge is 0.298 e. The highest BCUT2D eigenvalue weighted by molar-refractivity contribution is 5.41. The van der Waals surface area contributed by atoms with E-state index >= 15 is 0 Å². The summed E-state index contributed by atoms with van der Waals surface area (Å²) in [7, 11) is 0. The quantitative estimate of drug-likeness (QED) is 0.818. The molecule has 0 bridgehead atoms. The molecule has 0 radical (unpaired) electrons. The molecule has 0 aliphatic rings. The molecule has 1 atom stereocenters. The van der Waals surface area contributed by atoms with Crippen LogP contribution in [0.4, 0.5) is 0 Å². The Morgan fingerprint density at radius 2 is 1.80 bits per heavy atom. The molecule has 0 aromatic heterocycles. The summed E-state index contributed by atoms with van der Waals surface area (Å²) < 4.78 is 0. The second kappa shape index (κ2) is 4.95. The number of rotatable bonds is 3. The summed E-state index contributed by atoms with van der Waals surface area (Å²) in [6, 6.07) is 6.38. The molecule has 1 N–H and O–H groups in total. The Morgan fingerprint density at radius 1 is 1.27 bits per heavy atom. The number of benzene rings is 1. The van der Waals surface area contributed by atoms with E-state index in [2.05, 4.69) is 44.3 Å². The minimum Gasteiger partial charge on any atom is -0.298 e. The van der Waals surface area contributed by atoms with Crippen LogP contribution in [0.2, 0.25) is 0 Å². The van der Waals surface area contributed by atoms with Crippen molar-refractivity contribution < 1.29 is 0 Å². The van der Waals surface area contributed by atoms with Crippen LogP contribution in [-0.2, 0) is 0 Å². The van der Waals surface area contributed by atoms with E-state index in [9.17, 15) is 0 Å². The van der Waals surface area contributed by atoms with E-state index in [1.165, 1.54) is 16.7 Å². The second-order valence-electron chi connectivity index (χ2n) is 3.93. The molecular weight excluding hydrogens is 184 g/mol. The predicted octanol–water partition coefficient (Wildman–Crippen LogP) is 2.79. The highest BCUT2D eigenvalue weighted by Crippen LogP contribution is 2.22. The molecule has 0 fully saturated rings. The van der Waals surface area contributed by atoms with Crippen LogP contribution in [-0.4, -0.2) is 6.54 Å². The number of aryl methyl sites for hydroxylation is 3. The summed E-state index contributed by atoms with van der Waals surface area (Å²) in [5.41, 5.74) is 4.77. The maximum atomic E-state index is 9.12. The third-order valence-corrected chi connectivity index (χ3v) is 2.56. The lowest BCUT2D eigenvalue weighted by atomic mass is 9.94. The standard InChI is InChI=1S/C13H18N2/c1-5-15-12(8-14)13-10(3)6-9(2)7-11(13)4/h6-7,12,15H,5H2,1-4H3. The van der Waals surface area contributed by atoms with E-state index in [-0.39, 0.29) is 6.04 Å². The fraction of sp³-hybridized carbons (Fsp3) is 0.462. The lowest BCUT2D eigenvalue weighted by molar-refractivity contribution is 0.652. The van der Waals surface area contributed by atoms with Crippen LogP contribution in [0.25, 0.3) is 0 Å². The van der Waals surface area contributed by atoms with Crippen molar-refractivity contribution in [2.75, 3.05) is 6.54 Å². The Labute approximate surface area is 91.9 Å². The number of nitrogens with one attached hydrogen (secondary N) is 1. The summed E-state index contributed by atoms with van der Waals surface area (Å²) in [5.74, 6) is 0. The molecule has 0 heterocycles. The van der Waals surface area contributed by atoms with Crippen molar-refractivity contribution in [1.82, 2.24) is 5.32 Å². The molecule has 80 valence electrons. The van der Waals surface area contributed by atoms with Gasteiger partial charge in [-0.05, 0) is 44.0 Å². The van der Waals surface area contributed by atoms with E-state index in [0.717, 1.165) is 12.1 Å². The lowest BCUT2D eigenvalue weighted by Gasteiger charge is -2.16. The van der Waals surface area contributed by atoms with Gasteiger partial charge in [-0.25, -0.2) is 0 Å². The summed E-state index contributed by atoms with van der Waals surface area (Å²) in [5, 5.41) is 12.3. The van der Waals surface area contributed by atoms with Crippen molar-refractivity contribution in [3.8, 4) is 6.07 Å². The zero-order valence-corrected chi connectivity index (χ0v) is 9.89. The highest BCUT2D eigenvalue weighted by Gasteiger charge is 2.14. The van der Waals surface area contributed by atoms with E-state index in [4.69, 9.17) is 5.26 Å². The van der Waals surface area contributed by atoms with Gasteiger partial charge >= 0.3 is 0 Å². The molecule has 15 heavy (non-hydrogen) atoms. The van der Waals surface area contributed by atoms with Gasteiger partial charge in [0.1, 0.15) is 6.04 Å². The minimum atomic E-state index is -0.185. The molecule has 1 aromatic rings. The molecule has 1 rings (SSSR count). The van der Waals surface area contributed by atoms with Crippen molar-refractivity contribution >= 4 is 0 Å². The Balaban J connectivity index is 3.18. The predicted molar refractivity (Wildman–Crippen MR) is 62.7 cm³/mol. The smallest absolute Gasteiger partial charge is 0.121 e. The summed E-state index contributed by atoms with van der Waals surface area (Å²) >= 11 is 0. The van der Waals surface area contributed by atoms with Crippen molar-refractivity contribution in [3.05, 3.63) is 34.4 Å². The van der Waals surface area contributed by atoms with Crippen LogP contribution in [0.5, 0.6) is 0 Å². The van der Waals surface area contributed by atoms with Gasteiger partial charge in [-0.3, -0.25) is 5.32 Å². The topological polar surface area (TPSA) is 35.8 Å². The normalized spacial score (nSPS) is 12.2.